The fraction of sp³-hybridized carbons (Fsp3) is 0.286. The lowest BCUT2D eigenvalue weighted by Gasteiger charge is -2.06. The minimum Gasteiger partial charge on any atom is -0.350 e. The molecule has 0 aliphatic heterocycles. The van der Waals surface area contributed by atoms with Crippen molar-refractivity contribution in [2.75, 3.05) is 5.32 Å². The lowest BCUT2D eigenvalue weighted by molar-refractivity contribution is 0.0946. The number of pyridine rings is 1. The van der Waals surface area contributed by atoms with Gasteiger partial charge in [-0.05, 0) is 36.6 Å². The van der Waals surface area contributed by atoms with Gasteiger partial charge in [-0.25, -0.2) is 9.97 Å². The first-order valence-electron chi connectivity index (χ1n) is 6.58. The van der Waals surface area contributed by atoms with Crippen LogP contribution < -0.4 is 10.6 Å². The van der Waals surface area contributed by atoms with E-state index in [0.717, 1.165) is 18.4 Å². The molecule has 6 nitrogen and oxygen atoms in total. The summed E-state index contributed by atoms with van der Waals surface area (Å²) in [4.78, 5) is 24.2. The van der Waals surface area contributed by atoms with Crippen LogP contribution in [0.15, 0.2) is 36.8 Å². The fourth-order valence-corrected chi connectivity index (χ4v) is 1.74. The molecule has 1 amide bonds. The van der Waals surface area contributed by atoms with E-state index < -0.39 is 0 Å². The highest BCUT2D eigenvalue weighted by Crippen LogP contribution is 2.19. The minimum absolute atomic E-state index is 0.137. The van der Waals surface area contributed by atoms with E-state index >= 15 is 0 Å². The molecule has 20 heavy (non-hydrogen) atoms. The summed E-state index contributed by atoms with van der Waals surface area (Å²) in [6.07, 6.45) is 7.17. The number of aromatic nitrogens is 3. The van der Waals surface area contributed by atoms with Crippen molar-refractivity contribution < 1.29 is 4.79 Å². The summed E-state index contributed by atoms with van der Waals surface area (Å²) >= 11 is 0. The van der Waals surface area contributed by atoms with Gasteiger partial charge < -0.3 is 10.6 Å². The molecule has 3 rings (SSSR count). The van der Waals surface area contributed by atoms with E-state index in [1.165, 1.54) is 0 Å². The smallest absolute Gasteiger partial charge is 0.270 e. The van der Waals surface area contributed by atoms with Gasteiger partial charge in [-0.3, -0.25) is 9.78 Å². The van der Waals surface area contributed by atoms with Gasteiger partial charge in [0.15, 0.2) is 0 Å². The molecule has 2 N–H and O–H groups in total. The van der Waals surface area contributed by atoms with Crippen molar-refractivity contribution in [2.45, 2.75) is 25.4 Å². The number of hydrogen-bond donors (Lipinski definition) is 2. The molecule has 1 aliphatic rings. The zero-order valence-corrected chi connectivity index (χ0v) is 10.9. The first-order chi connectivity index (χ1) is 9.81. The van der Waals surface area contributed by atoms with Crippen LogP contribution in [0.2, 0.25) is 0 Å². The van der Waals surface area contributed by atoms with Gasteiger partial charge in [-0.2, -0.15) is 0 Å². The Morgan fingerprint density at radius 3 is 2.75 bits per heavy atom. The zero-order valence-electron chi connectivity index (χ0n) is 10.9. The molecule has 6 heteroatoms. The normalized spacial score (nSPS) is 13.8. The molecule has 0 atom stereocenters. The highest BCUT2D eigenvalue weighted by Gasteiger charge is 2.24. The Balaban J connectivity index is 1.63. The predicted octanol–water partition coefficient (Wildman–Crippen LogP) is 1.38. The molecule has 1 fully saturated rings. The summed E-state index contributed by atoms with van der Waals surface area (Å²) in [5.41, 5.74) is 1.47. The molecule has 1 saturated carbocycles. The molecular weight excluding hydrogens is 254 g/mol. The number of hydrogen-bond acceptors (Lipinski definition) is 5. The van der Waals surface area contributed by atoms with Crippen LogP contribution in [0.3, 0.4) is 0 Å². The topological polar surface area (TPSA) is 79.8 Å². The number of carbonyl (C=O) groups excluding carboxylic acids is 1. The highest BCUT2D eigenvalue weighted by molar-refractivity contribution is 5.92. The van der Waals surface area contributed by atoms with E-state index in [-0.39, 0.29) is 5.91 Å². The van der Waals surface area contributed by atoms with Crippen LogP contribution in [0.5, 0.6) is 0 Å². The summed E-state index contributed by atoms with van der Waals surface area (Å²) in [5.74, 6) is 0.312. The number of anilines is 1. The summed E-state index contributed by atoms with van der Waals surface area (Å²) in [6, 6.07) is 5.77. The molecular formula is C14H15N5O. The first kappa shape index (κ1) is 12.5. The van der Waals surface area contributed by atoms with Gasteiger partial charge in [0.05, 0.1) is 0 Å². The van der Waals surface area contributed by atoms with Crippen molar-refractivity contribution in [3.8, 4) is 0 Å². The molecule has 0 aromatic carbocycles. The summed E-state index contributed by atoms with van der Waals surface area (Å²) < 4.78 is 0. The van der Waals surface area contributed by atoms with Crippen molar-refractivity contribution in [1.29, 1.82) is 0 Å². The van der Waals surface area contributed by atoms with Gasteiger partial charge in [-0.1, -0.05) is 0 Å². The molecule has 1 aliphatic carbocycles. The first-order valence-corrected chi connectivity index (χ1v) is 6.58. The molecule has 0 spiro atoms. The molecule has 2 aromatic rings. The van der Waals surface area contributed by atoms with Crippen molar-refractivity contribution in [1.82, 2.24) is 20.3 Å². The molecule has 0 bridgehead atoms. The van der Waals surface area contributed by atoms with Gasteiger partial charge in [0.25, 0.3) is 5.91 Å². The van der Waals surface area contributed by atoms with E-state index in [0.29, 0.717) is 24.2 Å². The van der Waals surface area contributed by atoms with Crippen LogP contribution in [0.4, 0.5) is 5.95 Å². The van der Waals surface area contributed by atoms with Crippen LogP contribution in [0.25, 0.3) is 0 Å². The molecule has 0 unspecified atom stereocenters. The molecule has 2 aromatic heterocycles. The van der Waals surface area contributed by atoms with E-state index in [9.17, 15) is 4.79 Å². The predicted molar refractivity (Wildman–Crippen MR) is 74.1 cm³/mol. The second-order valence-electron chi connectivity index (χ2n) is 4.72. The SMILES string of the molecule is O=C(NC1CC1)c1ccnc(NCc2ccncc2)n1. The van der Waals surface area contributed by atoms with Crippen LogP contribution in [-0.2, 0) is 6.54 Å². The van der Waals surface area contributed by atoms with E-state index in [4.69, 9.17) is 0 Å². The standard InChI is InChI=1S/C14H15N5O/c20-13(18-11-1-2-11)12-5-8-16-14(19-12)17-9-10-3-6-15-7-4-10/h3-8,11H,1-2,9H2,(H,18,20)(H,16,17,19). The molecule has 0 saturated heterocycles. The monoisotopic (exact) mass is 269 g/mol. The Bertz CT molecular complexity index is 598. The van der Waals surface area contributed by atoms with Gasteiger partial charge in [0.2, 0.25) is 5.95 Å². The molecule has 102 valence electrons. The third kappa shape index (κ3) is 3.28. The van der Waals surface area contributed by atoms with Crippen LogP contribution in [0.1, 0.15) is 28.9 Å². The van der Waals surface area contributed by atoms with Crippen molar-refractivity contribution in [2.24, 2.45) is 0 Å². The second-order valence-corrected chi connectivity index (χ2v) is 4.72. The summed E-state index contributed by atoms with van der Waals surface area (Å²) in [7, 11) is 0. The third-order valence-electron chi connectivity index (χ3n) is 3.00. The van der Waals surface area contributed by atoms with Gasteiger partial charge >= 0.3 is 0 Å². The van der Waals surface area contributed by atoms with Gasteiger partial charge in [0.1, 0.15) is 5.69 Å². The Labute approximate surface area is 116 Å². The Morgan fingerprint density at radius 1 is 1.20 bits per heavy atom. The number of amides is 1. The zero-order chi connectivity index (χ0) is 13.8. The maximum atomic E-state index is 11.9. The minimum atomic E-state index is -0.137. The maximum absolute atomic E-state index is 11.9. The van der Waals surface area contributed by atoms with Gasteiger partial charge in [0, 0.05) is 31.2 Å². The van der Waals surface area contributed by atoms with Crippen LogP contribution >= 0.6 is 0 Å². The lowest BCUT2D eigenvalue weighted by Crippen LogP contribution is -2.26. The third-order valence-corrected chi connectivity index (χ3v) is 3.00. The van der Waals surface area contributed by atoms with Crippen LogP contribution in [-0.4, -0.2) is 26.9 Å². The van der Waals surface area contributed by atoms with Gasteiger partial charge in [-0.15, -0.1) is 0 Å². The highest BCUT2D eigenvalue weighted by atomic mass is 16.2. The summed E-state index contributed by atoms with van der Waals surface area (Å²) in [6.45, 7) is 0.593. The largest absolute Gasteiger partial charge is 0.350 e. The number of nitrogens with zero attached hydrogens (tertiary/aromatic N) is 3. The Hall–Kier alpha value is -2.50. The summed E-state index contributed by atoms with van der Waals surface area (Å²) in [5, 5.41) is 6.00. The van der Waals surface area contributed by atoms with E-state index in [2.05, 4.69) is 25.6 Å². The molecule has 0 radical (unpaired) electrons. The maximum Gasteiger partial charge on any atom is 0.270 e. The number of rotatable bonds is 5. The Morgan fingerprint density at radius 2 is 2.00 bits per heavy atom. The second kappa shape index (κ2) is 5.64. The lowest BCUT2D eigenvalue weighted by atomic mass is 10.3. The van der Waals surface area contributed by atoms with Crippen molar-refractivity contribution >= 4 is 11.9 Å². The average molecular weight is 269 g/mol. The number of carbonyl (C=O) groups is 1. The van der Waals surface area contributed by atoms with E-state index in [1.54, 1.807) is 24.7 Å². The van der Waals surface area contributed by atoms with E-state index in [1.807, 2.05) is 12.1 Å². The fourth-order valence-electron chi connectivity index (χ4n) is 1.74. The van der Waals surface area contributed by atoms with Crippen molar-refractivity contribution in [3.05, 3.63) is 48.0 Å². The molecule has 2 heterocycles. The average Bonchev–Trinajstić information content (AvgIpc) is 3.30. The van der Waals surface area contributed by atoms with Crippen LogP contribution in [0, 0.1) is 0 Å². The Kier molecular flexibility index (Phi) is 3.54. The quantitative estimate of drug-likeness (QED) is 0.857. The van der Waals surface area contributed by atoms with Crippen molar-refractivity contribution in [3.63, 3.8) is 0 Å². The number of nitrogens with one attached hydrogen (secondary N) is 2.